The van der Waals surface area contributed by atoms with Crippen LogP contribution in [0.1, 0.15) is 144 Å². The highest BCUT2D eigenvalue weighted by Crippen LogP contribution is 2.24. The van der Waals surface area contributed by atoms with Crippen LogP contribution >= 0.6 is 0 Å². The largest absolute Gasteiger partial charge is 0.391 e. The second-order valence-electron chi connectivity index (χ2n) is 13.0. The molecule has 0 atom stereocenters. The van der Waals surface area contributed by atoms with Crippen molar-refractivity contribution >= 4 is 0 Å². The average Bonchev–Trinajstić information content (AvgIpc) is 2.58. The van der Waals surface area contributed by atoms with Crippen LogP contribution in [0.4, 0.5) is 26.3 Å². The van der Waals surface area contributed by atoms with Crippen LogP contribution in [0.25, 0.3) is 0 Å². The summed E-state index contributed by atoms with van der Waals surface area (Å²) in [5, 5.41) is 0. The lowest BCUT2D eigenvalue weighted by atomic mass is 10.0. The van der Waals surface area contributed by atoms with Gasteiger partial charge in [0, 0.05) is 12.3 Å². The van der Waals surface area contributed by atoms with Gasteiger partial charge in [0.2, 0.25) is 0 Å². The van der Waals surface area contributed by atoms with Gasteiger partial charge in [-0.15, -0.1) is 0 Å². The maximum atomic E-state index is 11.3. The number of alkyl halides is 6. The molecule has 0 radical (unpaired) electrons. The van der Waals surface area contributed by atoms with Crippen molar-refractivity contribution in [1.82, 2.24) is 0 Å². The molecule has 0 saturated carbocycles. The quantitative estimate of drug-likeness (QED) is 0.296. The van der Waals surface area contributed by atoms with Crippen molar-refractivity contribution in [2.45, 2.75) is 156 Å². The van der Waals surface area contributed by atoms with E-state index >= 15 is 0 Å². The van der Waals surface area contributed by atoms with Crippen molar-refractivity contribution < 1.29 is 26.3 Å². The predicted molar refractivity (Wildman–Crippen MR) is 156 cm³/mol. The van der Waals surface area contributed by atoms with Crippen molar-refractivity contribution in [3.63, 3.8) is 0 Å². The third-order valence-corrected chi connectivity index (χ3v) is 4.39. The Morgan fingerprint density at radius 3 is 0.676 bits per heavy atom. The Morgan fingerprint density at radius 2 is 0.676 bits per heavy atom. The monoisotopic (exact) mass is 555 g/mol. The van der Waals surface area contributed by atoms with Crippen LogP contribution in [0.3, 0.4) is 0 Å². The van der Waals surface area contributed by atoms with E-state index in [0.29, 0.717) is 0 Å². The molecule has 0 fully saturated rings. The normalized spacial score (nSPS) is 11.4. The first-order chi connectivity index (χ1) is 16.1. The molecule has 0 unspecified atom stereocenters. The minimum atomic E-state index is -4.00. The van der Waals surface area contributed by atoms with Gasteiger partial charge in [0.15, 0.2) is 0 Å². The van der Waals surface area contributed by atoms with Crippen molar-refractivity contribution in [2.75, 3.05) is 0 Å². The van der Waals surface area contributed by atoms with Crippen LogP contribution in [0, 0.1) is 47.3 Å². The lowest BCUT2D eigenvalue weighted by Crippen LogP contribution is -2.15. The molecule has 37 heavy (non-hydrogen) atoms. The fourth-order valence-corrected chi connectivity index (χ4v) is 1.41. The third-order valence-electron chi connectivity index (χ3n) is 4.39. The first-order valence-corrected chi connectivity index (χ1v) is 14.3. The lowest BCUT2D eigenvalue weighted by Gasteiger charge is -2.07. The van der Waals surface area contributed by atoms with Crippen LogP contribution in [-0.4, -0.2) is 12.4 Å². The zero-order valence-corrected chi connectivity index (χ0v) is 28.0. The number of rotatable bonds is 5. The summed E-state index contributed by atoms with van der Waals surface area (Å²) >= 11 is 0. The van der Waals surface area contributed by atoms with E-state index in [1.807, 2.05) is 0 Å². The molecule has 0 aliphatic heterocycles. The Kier molecular flexibility index (Phi) is 38.3. The molecule has 0 aliphatic carbocycles. The predicted octanol–water partition coefficient (Wildman–Crippen LogP) is 13.5. The van der Waals surface area contributed by atoms with Crippen LogP contribution in [-0.2, 0) is 0 Å². The molecule has 0 aromatic heterocycles. The minimum absolute atomic E-state index is 0.282. The maximum Gasteiger partial charge on any atom is 0.391 e. The molecule has 0 heterocycles. The molecule has 0 aromatic rings. The van der Waals surface area contributed by atoms with Crippen molar-refractivity contribution in [1.29, 1.82) is 0 Å². The fourth-order valence-electron chi connectivity index (χ4n) is 1.41. The second kappa shape index (κ2) is 28.6. The first-order valence-electron chi connectivity index (χ1n) is 14.3. The van der Waals surface area contributed by atoms with E-state index in [4.69, 9.17) is 0 Å². The summed E-state index contributed by atoms with van der Waals surface area (Å²) in [5.41, 5.74) is 0. The van der Waals surface area contributed by atoms with Crippen molar-refractivity contribution in [2.24, 2.45) is 47.3 Å². The molecule has 0 amide bonds. The van der Waals surface area contributed by atoms with E-state index in [1.165, 1.54) is 12.8 Å². The minimum Gasteiger partial charge on any atom is -0.171 e. The van der Waals surface area contributed by atoms with Crippen LogP contribution in [0.2, 0.25) is 0 Å². The summed E-state index contributed by atoms with van der Waals surface area (Å²) < 4.78 is 67.5. The van der Waals surface area contributed by atoms with Gasteiger partial charge >= 0.3 is 12.4 Å². The standard InChI is InChI=1S/C7H16.C6H14.C5H9F3.C5H12.C4H7F3.C4H10/c1-6(2)5-7(3)4;1-5(2)6(3)4;1-4(2)3-5(6,7)8;1-4-5(2)3;1-3(2)4(5,6)7;1-4(2)3/h6-7H,5H2,1-4H3;5-6H,1-4H3;4H,3H2,1-2H3;5H,4H2,1-3H3;3H,1-2H3;4H,1-3H3. The number of halogens is 6. The molecule has 0 spiro atoms. The summed E-state index contributed by atoms with van der Waals surface area (Å²) in [6, 6.07) is 0. The highest BCUT2D eigenvalue weighted by Gasteiger charge is 2.31. The van der Waals surface area contributed by atoms with Gasteiger partial charge < -0.3 is 0 Å². The molecule has 234 valence electrons. The number of hydrogen-bond donors (Lipinski definition) is 0. The van der Waals surface area contributed by atoms with Crippen LogP contribution in [0.5, 0.6) is 0 Å². The van der Waals surface area contributed by atoms with E-state index in [9.17, 15) is 26.3 Å². The van der Waals surface area contributed by atoms with E-state index in [-0.39, 0.29) is 5.92 Å². The van der Waals surface area contributed by atoms with E-state index < -0.39 is 24.7 Å². The Hall–Kier alpha value is -0.420. The molecule has 0 nitrogen and oxygen atoms in total. The van der Waals surface area contributed by atoms with Gasteiger partial charge in [0.05, 0.1) is 0 Å². The van der Waals surface area contributed by atoms with Gasteiger partial charge in [-0.1, -0.05) is 131 Å². The third kappa shape index (κ3) is 94.7. The molecule has 0 saturated heterocycles. The molecule has 0 N–H and O–H groups in total. The molecule has 0 bridgehead atoms. The summed E-state index contributed by atoms with van der Waals surface area (Å²) in [6.07, 6.45) is -5.98. The van der Waals surface area contributed by atoms with Crippen LogP contribution in [0.15, 0.2) is 0 Å². The van der Waals surface area contributed by atoms with Gasteiger partial charge in [-0.3, -0.25) is 0 Å². The lowest BCUT2D eigenvalue weighted by molar-refractivity contribution is -0.164. The topological polar surface area (TPSA) is 0 Å². The molecule has 0 aromatic carbocycles. The SMILES string of the molecule is CC(C)C.CC(C)C(C)C.CC(C)C(F)(F)F.CC(C)CC(C)C.CC(C)CC(F)(F)F.CCC(C)C. The van der Waals surface area contributed by atoms with Gasteiger partial charge in [-0.2, -0.15) is 26.3 Å². The zero-order chi connectivity index (χ0) is 31.7. The van der Waals surface area contributed by atoms with Gasteiger partial charge in [0.1, 0.15) is 0 Å². The first kappa shape index (κ1) is 49.5. The fraction of sp³-hybridized carbons (Fsp3) is 1.00. The Morgan fingerprint density at radius 1 is 0.459 bits per heavy atom. The van der Waals surface area contributed by atoms with Gasteiger partial charge in [-0.05, 0) is 47.8 Å². The molecule has 0 aliphatic rings. The summed E-state index contributed by atoms with van der Waals surface area (Å²) in [6.45, 7) is 36.5. The number of hydrogen-bond acceptors (Lipinski definition) is 0. The van der Waals surface area contributed by atoms with E-state index in [2.05, 4.69) is 96.9 Å². The summed E-state index contributed by atoms with van der Waals surface area (Å²) in [4.78, 5) is 0. The second-order valence-corrected chi connectivity index (χ2v) is 13.0. The van der Waals surface area contributed by atoms with Crippen molar-refractivity contribution in [3.05, 3.63) is 0 Å². The van der Waals surface area contributed by atoms with Crippen LogP contribution < -0.4 is 0 Å². The summed E-state index contributed by atoms with van der Waals surface area (Å²) in [5.74, 6) is 3.69. The Labute approximate surface area is 230 Å². The van der Waals surface area contributed by atoms with E-state index in [0.717, 1.165) is 49.4 Å². The van der Waals surface area contributed by atoms with Crippen molar-refractivity contribution in [3.8, 4) is 0 Å². The Balaban J connectivity index is -0.0000000789. The Bertz CT molecular complexity index is 386. The molecular formula is C31H68F6. The summed E-state index contributed by atoms with van der Waals surface area (Å²) in [7, 11) is 0. The maximum absolute atomic E-state index is 11.3. The van der Waals surface area contributed by atoms with Gasteiger partial charge in [0.25, 0.3) is 0 Å². The molecular weight excluding hydrogens is 486 g/mol. The van der Waals surface area contributed by atoms with Gasteiger partial charge in [-0.25, -0.2) is 0 Å². The zero-order valence-electron chi connectivity index (χ0n) is 28.0. The highest BCUT2D eigenvalue weighted by molar-refractivity contribution is 4.53. The average molecular weight is 555 g/mol. The van der Waals surface area contributed by atoms with E-state index in [1.54, 1.807) is 13.8 Å². The molecule has 0 rings (SSSR count). The smallest absolute Gasteiger partial charge is 0.171 e. The highest BCUT2D eigenvalue weighted by atomic mass is 19.4. The molecule has 6 heteroatoms.